The predicted molar refractivity (Wildman–Crippen MR) is 106 cm³/mol. The molecule has 0 bridgehead atoms. The predicted octanol–water partition coefficient (Wildman–Crippen LogP) is -0.788. The van der Waals surface area contributed by atoms with Crippen molar-refractivity contribution in [3.05, 3.63) is 30.1 Å². The monoisotopic (exact) mass is 420 g/mol. The van der Waals surface area contributed by atoms with Crippen molar-refractivity contribution in [3.63, 3.8) is 0 Å². The highest BCUT2D eigenvalue weighted by Gasteiger charge is 2.47. The number of benzene rings is 1. The lowest BCUT2D eigenvalue weighted by atomic mass is 9.99. The first-order valence-corrected chi connectivity index (χ1v) is 10.0. The highest BCUT2D eigenvalue weighted by Crippen LogP contribution is 2.20. The first-order valence-electron chi connectivity index (χ1n) is 10.0. The summed E-state index contributed by atoms with van der Waals surface area (Å²) >= 11 is 0. The van der Waals surface area contributed by atoms with Crippen LogP contribution in [0.15, 0.2) is 24.3 Å². The number of quaternary nitrogens is 1. The first-order chi connectivity index (χ1) is 14.2. The minimum absolute atomic E-state index is 0.209. The van der Waals surface area contributed by atoms with Crippen molar-refractivity contribution < 1.29 is 28.5 Å². The second-order valence-electron chi connectivity index (χ2n) is 7.87. The number of nitrogens with one attached hydrogen (secondary N) is 3. The molecule has 2 heterocycles. The minimum atomic E-state index is -0.963. The number of carbonyl (C=O) groups excluding carboxylic acids is 4. The van der Waals surface area contributed by atoms with Gasteiger partial charge in [-0.05, 0) is 31.5 Å². The van der Waals surface area contributed by atoms with Gasteiger partial charge >= 0.3 is 6.03 Å². The number of rotatable bonds is 6. The van der Waals surface area contributed by atoms with Crippen LogP contribution in [-0.2, 0) is 14.4 Å². The lowest BCUT2D eigenvalue weighted by Crippen LogP contribution is -3.15. The van der Waals surface area contributed by atoms with Crippen LogP contribution >= 0.6 is 0 Å². The summed E-state index contributed by atoms with van der Waals surface area (Å²) in [6.07, 6.45) is 0.446. The Balaban J connectivity index is 1.46. The number of carbonyl (C=O) groups is 4. The second kappa shape index (κ2) is 8.78. The molecule has 3 rings (SSSR count). The smallest absolute Gasteiger partial charge is 0.325 e. The molecule has 0 unspecified atom stereocenters. The molecule has 2 fully saturated rings. The standard InChI is InChI=1S/C20H26FN5O4/c1-3-20(2)18(29)26(19(30)23-20)13-17(28)25-9-7-24(8-10-25)12-16(27)22-15-6-4-5-14(21)11-15/h4-6,11H,3,7-10,12-13H2,1-2H3,(H,22,27)(H,23,30)/p+1/t20-/m1/s1. The Morgan fingerprint density at radius 1 is 1.27 bits per heavy atom. The van der Waals surface area contributed by atoms with Crippen molar-refractivity contribution in [1.29, 1.82) is 0 Å². The fourth-order valence-electron chi connectivity index (χ4n) is 3.61. The van der Waals surface area contributed by atoms with Gasteiger partial charge in [0.25, 0.3) is 11.8 Å². The van der Waals surface area contributed by atoms with E-state index in [1.54, 1.807) is 24.8 Å². The zero-order valence-corrected chi connectivity index (χ0v) is 17.2. The number of imide groups is 1. The van der Waals surface area contributed by atoms with E-state index in [4.69, 9.17) is 0 Å². The molecule has 2 aliphatic rings. The van der Waals surface area contributed by atoms with Crippen LogP contribution in [0.2, 0.25) is 0 Å². The van der Waals surface area contributed by atoms with Crippen molar-refractivity contribution in [3.8, 4) is 0 Å². The quantitative estimate of drug-likeness (QED) is 0.525. The van der Waals surface area contributed by atoms with E-state index in [-0.39, 0.29) is 30.8 Å². The van der Waals surface area contributed by atoms with Crippen LogP contribution < -0.4 is 15.5 Å². The third-order valence-corrected chi connectivity index (χ3v) is 5.69. The second-order valence-corrected chi connectivity index (χ2v) is 7.87. The average Bonchev–Trinajstić information content (AvgIpc) is 2.92. The molecule has 0 saturated carbocycles. The van der Waals surface area contributed by atoms with Crippen LogP contribution in [-0.4, -0.2) is 78.4 Å². The highest BCUT2D eigenvalue weighted by atomic mass is 19.1. The number of nitrogens with zero attached hydrogens (tertiary/aromatic N) is 2. The molecule has 162 valence electrons. The summed E-state index contributed by atoms with van der Waals surface area (Å²) in [5.74, 6) is -1.33. The summed E-state index contributed by atoms with van der Waals surface area (Å²) in [6.45, 7) is 5.36. The van der Waals surface area contributed by atoms with Crippen molar-refractivity contribution in [1.82, 2.24) is 15.1 Å². The Hall–Kier alpha value is -3.01. The first kappa shape index (κ1) is 21.7. The summed E-state index contributed by atoms with van der Waals surface area (Å²) < 4.78 is 13.2. The molecule has 30 heavy (non-hydrogen) atoms. The van der Waals surface area contributed by atoms with Gasteiger partial charge in [-0.2, -0.15) is 0 Å². The van der Waals surface area contributed by atoms with Gasteiger partial charge in [0.05, 0.1) is 26.2 Å². The molecule has 0 aromatic heterocycles. The molecule has 2 saturated heterocycles. The lowest BCUT2D eigenvalue weighted by molar-refractivity contribution is -0.895. The molecule has 1 atom stereocenters. The van der Waals surface area contributed by atoms with Crippen LogP contribution in [0.25, 0.3) is 0 Å². The third kappa shape index (κ3) is 4.76. The Kier molecular flexibility index (Phi) is 6.35. The molecular weight excluding hydrogens is 393 g/mol. The number of anilines is 1. The molecule has 3 N–H and O–H groups in total. The van der Waals surface area contributed by atoms with Gasteiger partial charge in [0.15, 0.2) is 6.54 Å². The molecule has 0 radical (unpaired) electrons. The van der Waals surface area contributed by atoms with E-state index in [0.29, 0.717) is 38.3 Å². The van der Waals surface area contributed by atoms with E-state index < -0.39 is 17.4 Å². The molecule has 0 aliphatic carbocycles. The van der Waals surface area contributed by atoms with Crippen LogP contribution in [0.5, 0.6) is 0 Å². The number of amides is 5. The molecule has 5 amide bonds. The van der Waals surface area contributed by atoms with Crippen molar-refractivity contribution in [2.24, 2.45) is 0 Å². The minimum Gasteiger partial charge on any atom is -0.330 e. The SMILES string of the molecule is CC[C@@]1(C)NC(=O)N(CC(=O)N2CC[NH+](CC(=O)Nc3cccc(F)c3)CC2)C1=O. The number of urea groups is 1. The van der Waals surface area contributed by atoms with Crippen LogP contribution in [0.4, 0.5) is 14.9 Å². The summed E-state index contributed by atoms with van der Waals surface area (Å²) in [5, 5.41) is 5.30. The average molecular weight is 420 g/mol. The van der Waals surface area contributed by atoms with Gasteiger partial charge in [0.2, 0.25) is 5.91 Å². The normalized spacial score (nSPS) is 22.2. The fourth-order valence-corrected chi connectivity index (χ4v) is 3.61. The molecule has 1 aromatic rings. The lowest BCUT2D eigenvalue weighted by Gasteiger charge is -2.32. The Bertz CT molecular complexity index is 855. The van der Waals surface area contributed by atoms with Crippen molar-refractivity contribution >= 4 is 29.4 Å². The summed E-state index contributed by atoms with van der Waals surface area (Å²) in [5.41, 5.74) is -0.559. The van der Waals surface area contributed by atoms with E-state index in [2.05, 4.69) is 10.6 Å². The van der Waals surface area contributed by atoms with E-state index >= 15 is 0 Å². The van der Waals surface area contributed by atoms with Crippen LogP contribution in [0.1, 0.15) is 20.3 Å². The number of halogens is 1. The van der Waals surface area contributed by atoms with Gasteiger partial charge in [-0.3, -0.25) is 19.3 Å². The molecule has 9 nitrogen and oxygen atoms in total. The topological polar surface area (TPSA) is 103 Å². The van der Waals surface area contributed by atoms with Crippen molar-refractivity contribution in [2.45, 2.75) is 25.8 Å². The van der Waals surface area contributed by atoms with E-state index in [1.807, 2.05) is 0 Å². The maximum atomic E-state index is 13.2. The zero-order chi connectivity index (χ0) is 21.9. The van der Waals surface area contributed by atoms with Gasteiger partial charge in [-0.15, -0.1) is 0 Å². The molecule has 10 heteroatoms. The van der Waals surface area contributed by atoms with Crippen LogP contribution in [0.3, 0.4) is 0 Å². The van der Waals surface area contributed by atoms with E-state index in [0.717, 1.165) is 9.80 Å². The maximum absolute atomic E-state index is 13.2. The Labute approximate surface area is 174 Å². The third-order valence-electron chi connectivity index (χ3n) is 5.69. The van der Waals surface area contributed by atoms with Gasteiger partial charge in [-0.25, -0.2) is 9.18 Å². The van der Waals surface area contributed by atoms with E-state index in [1.165, 1.54) is 18.2 Å². The molecule has 0 spiro atoms. The summed E-state index contributed by atoms with van der Waals surface area (Å²) in [6, 6.07) is 5.15. The number of hydrogen-bond donors (Lipinski definition) is 3. The molecule has 1 aromatic carbocycles. The zero-order valence-electron chi connectivity index (χ0n) is 17.2. The Morgan fingerprint density at radius 3 is 2.57 bits per heavy atom. The molecular formula is C20H27FN5O4+. The number of piperazine rings is 1. The summed E-state index contributed by atoms with van der Waals surface area (Å²) in [4.78, 5) is 52.8. The number of hydrogen-bond acceptors (Lipinski definition) is 4. The highest BCUT2D eigenvalue weighted by molar-refractivity contribution is 6.08. The largest absolute Gasteiger partial charge is 0.330 e. The van der Waals surface area contributed by atoms with E-state index in [9.17, 15) is 23.6 Å². The van der Waals surface area contributed by atoms with Gasteiger partial charge in [-0.1, -0.05) is 13.0 Å². The summed E-state index contributed by atoms with van der Waals surface area (Å²) in [7, 11) is 0. The fraction of sp³-hybridized carbons (Fsp3) is 0.500. The maximum Gasteiger partial charge on any atom is 0.325 e. The van der Waals surface area contributed by atoms with Crippen LogP contribution in [0, 0.1) is 5.82 Å². The van der Waals surface area contributed by atoms with Crippen molar-refractivity contribution in [2.75, 3.05) is 44.6 Å². The van der Waals surface area contributed by atoms with Gasteiger partial charge in [0.1, 0.15) is 17.9 Å². The molecule has 2 aliphatic heterocycles. The Morgan fingerprint density at radius 2 is 1.97 bits per heavy atom. The van der Waals surface area contributed by atoms with Gasteiger partial charge in [0, 0.05) is 5.69 Å². The van der Waals surface area contributed by atoms with Gasteiger partial charge < -0.3 is 20.4 Å².